The molecule has 0 fully saturated rings. The quantitative estimate of drug-likeness (QED) is 0.0596. The van der Waals surface area contributed by atoms with Crippen molar-refractivity contribution in [2.45, 2.75) is 271 Å². The fourth-order valence-corrected chi connectivity index (χ4v) is 7.39. The van der Waals surface area contributed by atoms with Crippen LogP contribution in [0.1, 0.15) is 271 Å². The molecule has 0 aromatic carbocycles. The summed E-state index contributed by atoms with van der Waals surface area (Å²) in [6.45, 7) is 11.1. The van der Waals surface area contributed by atoms with Gasteiger partial charge in [0.1, 0.15) is 0 Å². The molecule has 0 spiro atoms. The Bertz CT molecular complexity index is 469. The van der Waals surface area contributed by atoms with Crippen molar-refractivity contribution in [1.82, 2.24) is 4.90 Å². The first kappa shape index (κ1) is 46.0. The summed E-state index contributed by atoms with van der Waals surface area (Å²) in [4.78, 5) is 2.87. The van der Waals surface area contributed by atoms with Crippen LogP contribution in [0.25, 0.3) is 0 Å². The molecule has 1 nitrogen and oxygen atoms in total. The molecule has 0 saturated heterocycles. The van der Waals surface area contributed by atoms with Crippen LogP contribution in [0.2, 0.25) is 0 Å². The Morgan fingerprint density at radius 3 is 0.457 bits per heavy atom. The minimum Gasteiger partial charge on any atom is -0.303 e. The third-order valence-electron chi connectivity index (χ3n) is 10.7. The van der Waals surface area contributed by atoms with Gasteiger partial charge in [-0.25, -0.2) is 0 Å². The highest BCUT2D eigenvalue weighted by atomic mass is 15.1. The minimum atomic E-state index is 1.37. The van der Waals surface area contributed by atoms with Crippen LogP contribution >= 0.6 is 0 Å². The van der Waals surface area contributed by atoms with Crippen LogP contribution in [0.4, 0.5) is 0 Å². The molecule has 0 aliphatic carbocycles. The molecule has 0 aliphatic rings. The molecular weight excluding hydrogens is 555 g/mol. The monoisotopic (exact) mass is 648 g/mol. The number of rotatable bonds is 42. The average molecular weight is 648 g/mol. The third kappa shape index (κ3) is 40.1. The van der Waals surface area contributed by atoms with E-state index in [1.165, 1.54) is 270 Å². The van der Waals surface area contributed by atoms with E-state index >= 15 is 0 Å². The molecule has 0 aromatic rings. The summed E-state index contributed by atoms with van der Waals surface area (Å²) in [5.41, 5.74) is 0. The Morgan fingerprint density at radius 1 is 0.174 bits per heavy atom. The fourth-order valence-electron chi connectivity index (χ4n) is 7.39. The van der Waals surface area contributed by atoms with Gasteiger partial charge in [-0.3, -0.25) is 0 Å². The lowest BCUT2D eigenvalue weighted by Crippen LogP contribution is -2.27. The SMILES string of the molecule is CCCCCCCCCCCCCCCCN(CCCCCCCCCCCCC)CCCCCCCCCCCCCCCC. The summed E-state index contributed by atoms with van der Waals surface area (Å²) in [5, 5.41) is 0. The lowest BCUT2D eigenvalue weighted by Gasteiger charge is -2.22. The fraction of sp³-hybridized carbons (Fsp3) is 1.00. The molecule has 0 amide bonds. The zero-order chi connectivity index (χ0) is 33.3. The van der Waals surface area contributed by atoms with Crippen molar-refractivity contribution in [2.75, 3.05) is 19.6 Å². The number of hydrogen-bond acceptors (Lipinski definition) is 1. The van der Waals surface area contributed by atoms with Gasteiger partial charge in [0.05, 0.1) is 0 Å². The maximum atomic E-state index is 2.87. The molecule has 0 saturated carbocycles. The van der Waals surface area contributed by atoms with Crippen LogP contribution in [0.5, 0.6) is 0 Å². The van der Waals surface area contributed by atoms with Crippen molar-refractivity contribution in [3.05, 3.63) is 0 Å². The predicted molar refractivity (Wildman–Crippen MR) is 214 cm³/mol. The van der Waals surface area contributed by atoms with Gasteiger partial charge in [-0.1, -0.05) is 252 Å². The van der Waals surface area contributed by atoms with Crippen LogP contribution in [0.15, 0.2) is 0 Å². The highest BCUT2D eigenvalue weighted by molar-refractivity contribution is 4.61. The highest BCUT2D eigenvalue weighted by Crippen LogP contribution is 2.16. The topological polar surface area (TPSA) is 3.24 Å². The second-order valence-electron chi connectivity index (χ2n) is 15.6. The summed E-state index contributed by atoms with van der Waals surface area (Å²) in [5.74, 6) is 0. The second-order valence-corrected chi connectivity index (χ2v) is 15.6. The third-order valence-corrected chi connectivity index (χ3v) is 10.7. The lowest BCUT2D eigenvalue weighted by atomic mass is 10.0. The van der Waals surface area contributed by atoms with Crippen molar-refractivity contribution in [1.29, 1.82) is 0 Å². The molecule has 0 bridgehead atoms. The van der Waals surface area contributed by atoms with E-state index in [1.54, 1.807) is 0 Å². The van der Waals surface area contributed by atoms with Gasteiger partial charge in [0, 0.05) is 0 Å². The van der Waals surface area contributed by atoms with Crippen molar-refractivity contribution >= 4 is 0 Å². The first-order valence-corrected chi connectivity index (χ1v) is 22.6. The Balaban J connectivity index is 3.90. The number of hydrogen-bond donors (Lipinski definition) is 0. The molecule has 0 aromatic heterocycles. The molecule has 0 N–H and O–H groups in total. The zero-order valence-corrected chi connectivity index (χ0v) is 33.1. The zero-order valence-electron chi connectivity index (χ0n) is 33.1. The smallest absolute Gasteiger partial charge is 0.00187 e. The van der Waals surface area contributed by atoms with Crippen LogP contribution < -0.4 is 0 Å². The highest BCUT2D eigenvalue weighted by Gasteiger charge is 2.05. The first-order valence-electron chi connectivity index (χ1n) is 22.6. The van der Waals surface area contributed by atoms with E-state index in [-0.39, 0.29) is 0 Å². The maximum Gasteiger partial charge on any atom is -0.00187 e. The van der Waals surface area contributed by atoms with E-state index < -0.39 is 0 Å². The van der Waals surface area contributed by atoms with Crippen LogP contribution in [0.3, 0.4) is 0 Å². The largest absolute Gasteiger partial charge is 0.303 e. The summed E-state index contributed by atoms with van der Waals surface area (Å²) in [6.07, 6.45) is 57.1. The molecular formula is C45H93N. The summed E-state index contributed by atoms with van der Waals surface area (Å²) < 4.78 is 0. The van der Waals surface area contributed by atoms with Gasteiger partial charge in [0.25, 0.3) is 0 Å². The standard InChI is InChI=1S/C45H93N/c1-4-7-10-13-16-19-22-24-26-29-32-35-38-41-44-46(43-40-37-34-31-28-21-18-15-12-9-6-3)45-42-39-36-33-30-27-25-23-20-17-14-11-8-5-2/h4-45H2,1-3H3. The van der Waals surface area contributed by atoms with E-state index in [9.17, 15) is 0 Å². The lowest BCUT2D eigenvalue weighted by molar-refractivity contribution is 0.254. The van der Waals surface area contributed by atoms with E-state index in [2.05, 4.69) is 25.7 Å². The number of unbranched alkanes of at least 4 members (excludes halogenated alkanes) is 36. The predicted octanol–water partition coefficient (Wildman–Crippen LogP) is 16.6. The molecule has 0 aliphatic heterocycles. The van der Waals surface area contributed by atoms with Gasteiger partial charge in [0.15, 0.2) is 0 Å². The molecule has 0 radical (unpaired) electrons. The van der Waals surface area contributed by atoms with Crippen LogP contribution in [0, 0.1) is 0 Å². The molecule has 0 unspecified atom stereocenters. The molecule has 278 valence electrons. The summed E-state index contributed by atoms with van der Waals surface area (Å²) in [7, 11) is 0. The number of nitrogens with zero attached hydrogens (tertiary/aromatic N) is 1. The van der Waals surface area contributed by atoms with Gasteiger partial charge < -0.3 is 4.90 Å². The normalized spacial score (nSPS) is 11.7. The molecule has 46 heavy (non-hydrogen) atoms. The van der Waals surface area contributed by atoms with Gasteiger partial charge in [-0.05, 0) is 38.9 Å². The Kier molecular flexibility index (Phi) is 42.9. The molecule has 1 heteroatoms. The Hall–Kier alpha value is -0.0400. The van der Waals surface area contributed by atoms with Gasteiger partial charge in [-0.2, -0.15) is 0 Å². The summed E-state index contributed by atoms with van der Waals surface area (Å²) >= 11 is 0. The molecule has 0 heterocycles. The van der Waals surface area contributed by atoms with Gasteiger partial charge in [-0.15, -0.1) is 0 Å². The van der Waals surface area contributed by atoms with Crippen molar-refractivity contribution in [3.63, 3.8) is 0 Å². The maximum absolute atomic E-state index is 2.87. The second kappa shape index (κ2) is 43.0. The van der Waals surface area contributed by atoms with Crippen LogP contribution in [-0.2, 0) is 0 Å². The molecule has 0 atom stereocenters. The van der Waals surface area contributed by atoms with Gasteiger partial charge >= 0.3 is 0 Å². The van der Waals surface area contributed by atoms with E-state index in [0.29, 0.717) is 0 Å². The van der Waals surface area contributed by atoms with E-state index in [4.69, 9.17) is 0 Å². The van der Waals surface area contributed by atoms with Gasteiger partial charge in [0.2, 0.25) is 0 Å². The van der Waals surface area contributed by atoms with Crippen molar-refractivity contribution in [3.8, 4) is 0 Å². The Labute approximate surface area is 295 Å². The summed E-state index contributed by atoms with van der Waals surface area (Å²) in [6, 6.07) is 0. The Morgan fingerprint density at radius 2 is 0.304 bits per heavy atom. The minimum absolute atomic E-state index is 1.37. The first-order chi connectivity index (χ1) is 22.8. The van der Waals surface area contributed by atoms with Crippen LogP contribution in [-0.4, -0.2) is 24.5 Å². The van der Waals surface area contributed by atoms with Crippen molar-refractivity contribution < 1.29 is 0 Å². The average Bonchev–Trinajstić information content (AvgIpc) is 3.07. The molecule has 0 rings (SSSR count). The van der Waals surface area contributed by atoms with E-state index in [1.807, 2.05) is 0 Å². The van der Waals surface area contributed by atoms with Crippen molar-refractivity contribution in [2.24, 2.45) is 0 Å². The van der Waals surface area contributed by atoms with E-state index in [0.717, 1.165) is 0 Å².